The standard InChI is InChI=1S/C17H18N6O3/c1-10-13(15-18-5-3-6-23(15)21-10)17(25)22-7-4-12(8-22)20-16(24)14-11(2)26-9-19-14/h3,5-6,9,12H,4,7-8H2,1-2H3,(H,20,24)/t12-/m1/s1. The largest absolute Gasteiger partial charge is 0.448 e. The molecule has 1 N–H and O–H groups in total. The number of amides is 2. The fourth-order valence-corrected chi connectivity index (χ4v) is 3.24. The first-order chi connectivity index (χ1) is 12.5. The van der Waals surface area contributed by atoms with Crippen LogP contribution in [0.5, 0.6) is 0 Å². The highest BCUT2D eigenvalue weighted by molar-refractivity contribution is 6.01. The molecule has 3 aromatic heterocycles. The van der Waals surface area contributed by atoms with Crippen LogP contribution in [0.25, 0.3) is 5.65 Å². The average Bonchev–Trinajstić information content (AvgIpc) is 3.32. The second-order valence-corrected chi connectivity index (χ2v) is 6.32. The maximum Gasteiger partial charge on any atom is 0.273 e. The van der Waals surface area contributed by atoms with Crippen molar-refractivity contribution in [3.8, 4) is 0 Å². The number of fused-ring (bicyclic) bond motifs is 1. The lowest BCUT2D eigenvalue weighted by molar-refractivity contribution is 0.0783. The number of hydrogen-bond donors (Lipinski definition) is 1. The summed E-state index contributed by atoms with van der Waals surface area (Å²) >= 11 is 0. The Morgan fingerprint density at radius 2 is 2.15 bits per heavy atom. The number of carbonyl (C=O) groups is 2. The van der Waals surface area contributed by atoms with Crippen LogP contribution in [0.2, 0.25) is 0 Å². The van der Waals surface area contributed by atoms with E-state index in [2.05, 4.69) is 20.4 Å². The molecule has 0 spiro atoms. The lowest BCUT2D eigenvalue weighted by Gasteiger charge is -2.16. The van der Waals surface area contributed by atoms with Gasteiger partial charge in [0.05, 0.1) is 5.69 Å². The SMILES string of the molecule is Cc1nn2cccnc2c1C(=O)N1CC[C@@H](NC(=O)c2ncoc2C)C1. The molecule has 26 heavy (non-hydrogen) atoms. The third-order valence-corrected chi connectivity index (χ3v) is 4.55. The lowest BCUT2D eigenvalue weighted by atomic mass is 10.2. The first kappa shape index (κ1) is 16.2. The molecule has 3 aromatic rings. The van der Waals surface area contributed by atoms with Crippen LogP contribution in [-0.4, -0.2) is 55.4 Å². The summed E-state index contributed by atoms with van der Waals surface area (Å²) in [5.41, 5.74) is 1.96. The monoisotopic (exact) mass is 354 g/mol. The Labute approximate surface area is 149 Å². The van der Waals surface area contributed by atoms with E-state index in [1.165, 1.54) is 6.39 Å². The Kier molecular flexibility index (Phi) is 3.90. The smallest absolute Gasteiger partial charge is 0.273 e. The van der Waals surface area contributed by atoms with Crippen molar-refractivity contribution >= 4 is 17.5 Å². The minimum atomic E-state index is -0.288. The second kappa shape index (κ2) is 6.25. The molecule has 1 fully saturated rings. The van der Waals surface area contributed by atoms with Gasteiger partial charge in [0.1, 0.15) is 11.3 Å². The van der Waals surface area contributed by atoms with Gasteiger partial charge >= 0.3 is 0 Å². The summed E-state index contributed by atoms with van der Waals surface area (Å²) in [6.07, 6.45) is 5.33. The topological polar surface area (TPSA) is 106 Å². The molecule has 0 bridgehead atoms. The minimum Gasteiger partial charge on any atom is -0.448 e. The van der Waals surface area contributed by atoms with Crippen molar-refractivity contribution in [3.05, 3.63) is 47.6 Å². The Bertz CT molecular complexity index is 991. The predicted octanol–water partition coefficient (Wildman–Crippen LogP) is 0.979. The fourth-order valence-electron chi connectivity index (χ4n) is 3.24. The maximum absolute atomic E-state index is 12.9. The molecule has 0 aliphatic carbocycles. The molecule has 1 saturated heterocycles. The second-order valence-electron chi connectivity index (χ2n) is 6.32. The molecule has 134 valence electrons. The number of likely N-dealkylation sites (tertiary alicyclic amines) is 1. The van der Waals surface area contributed by atoms with Crippen molar-refractivity contribution in [2.24, 2.45) is 0 Å². The van der Waals surface area contributed by atoms with Gasteiger partial charge in [-0.3, -0.25) is 9.59 Å². The van der Waals surface area contributed by atoms with E-state index in [-0.39, 0.29) is 23.6 Å². The molecule has 1 aliphatic heterocycles. The number of hydrogen-bond acceptors (Lipinski definition) is 6. The molecule has 2 amide bonds. The van der Waals surface area contributed by atoms with Gasteiger partial charge in [-0.1, -0.05) is 0 Å². The normalized spacial score (nSPS) is 17.0. The molecule has 1 atom stereocenters. The van der Waals surface area contributed by atoms with Gasteiger partial charge in [0.25, 0.3) is 11.8 Å². The first-order valence-corrected chi connectivity index (χ1v) is 8.34. The van der Waals surface area contributed by atoms with Gasteiger partial charge in [0.2, 0.25) is 0 Å². The minimum absolute atomic E-state index is 0.120. The summed E-state index contributed by atoms with van der Waals surface area (Å²) in [4.78, 5) is 35.1. The molecule has 9 nitrogen and oxygen atoms in total. The van der Waals surface area contributed by atoms with E-state index in [9.17, 15) is 9.59 Å². The summed E-state index contributed by atoms with van der Waals surface area (Å²) in [5.74, 6) is 0.0661. The van der Waals surface area contributed by atoms with Crippen molar-refractivity contribution in [1.29, 1.82) is 0 Å². The maximum atomic E-state index is 12.9. The summed E-state index contributed by atoms with van der Waals surface area (Å²) in [6, 6.07) is 1.64. The van der Waals surface area contributed by atoms with E-state index >= 15 is 0 Å². The predicted molar refractivity (Wildman–Crippen MR) is 90.7 cm³/mol. The number of nitrogens with zero attached hydrogens (tertiary/aromatic N) is 5. The van der Waals surface area contributed by atoms with Gasteiger partial charge in [-0.25, -0.2) is 14.5 Å². The van der Waals surface area contributed by atoms with Crippen LogP contribution in [-0.2, 0) is 0 Å². The molecule has 0 radical (unpaired) electrons. The Hall–Kier alpha value is -3.23. The van der Waals surface area contributed by atoms with Gasteiger partial charge in [0.15, 0.2) is 17.7 Å². The number of carbonyl (C=O) groups excluding carboxylic acids is 2. The molecule has 4 rings (SSSR count). The summed E-state index contributed by atoms with van der Waals surface area (Å²) in [6.45, 7) is 4.48. The van der Waals surface area contributed by atoms with Gasteiger partial charge in [-0.05, 0) is 26.3 Å². The Balaban J connectivity index is 1.48. The van der Waals surface area contributed by atoms with Crippen molar-refractivity contribution in [2.75, 3.05) is 13.1 Å². The van der Waals surface area contributed by atoms with Crippen LogP contribution in [0.4, 0.5) is 0 Å². The summed E-state index contributed by atoms with van der Waals surface area (Å²) in [5, 5.41) is 7.25. The van der Waals surface area contributed by atoms with Crippen LogP contribution in [0.15, 0.2) is 29.3 Å². The van der Waals surface area contributed by atoms with E-state index in [0.717, 1.165) is 0 Å². The van der Waals surface area contributed by atoms with Crippen LogP contribution < -0.4 is 5.32 Å². The molecule has 0 saturated carbocycles. The van der Waals surface area contributed by atoms with E-state index in [1.54, 1.807) is 41.7 Å². The quantitative estimate of drug-likeness (QED) is 0.751. The molecule has 4 heterocycles. The van der Waals surface area contributed by atoms with Crippen molar-refractivity contribution in [3.63, 3.8) is 0 Å². The molecule has 9 heteroatoms. The molecule has 1 aliphatic rings. The first-order valence-electron chi connectivity index (χ1n) is 8.34. The number of aryl methyl sites for hydroxylation is 2. The molecule has 0 aromatic carbocycles. The van der Waals surface area contributed by atoms with Gasteiger partial charge in [-0.2, -0.15) is 5.10 Å². The van der Waals surface area contributed by atoms with Crippen molar-refractivity contribution in [1.82, 2.24) is 29.8 Å². The third kappa shape index (κ3) is 2.71. The summed E-state index contributed by atoms with van der Waals surface area (Å²) < 4.78 is 6.66. The van der Waals surface area contributed by atoms with E-state index < -0.39 is 0 Å². The highest BCUT2D eigenvalue weighted by Gasteiger charge is 2.31. The van der Waals surface area contributed by atoms with Crippen molar-refractivity contribution in [2.45, 2.75) is 26.3 Å². The zero-order valence-corrected chi connectivity index (χ0v) is 14.5. The number of oxazole rings is 1. The molecule has 0 unspecified atom stereocenters. The average molecular weight is 354 g/mol. The van der Waals surface area contributed by atoms with E-state index in [4.69, 9.17) is 4.42 Å². The highest BCUT2D eigenvalue weighted by Crippen LogP contribution is 2.19. The number of nitrogens with one attached hydrogen (secondary N) is 1. The van der Waals surface area contributed by atoms with E-state index in [1.807, 2.05) is 0 Å². The fraction of sp³-hybridized carbons (Fsp3) is 0.353. The molecular formula is C17H18N6O3. The summed E-state index contributed by atoms with van der Waals surface area (Å²) in [7, 11) is 0. The Morgan fingerprint density at radius 3 is 2.92 bits per heavy atom. The van der Waals surface area contributed by atoms with Crippen LogP contribution >= 0.6 is 0 Å². The third-order valence-electron chi connectivity index (χ3n) is 4.55. The lowest BCUT2D eigenvalue weighted by Crippen LogP contribution is -2.39. The van der Waals surface area contributed by atoms with Gasteiger partial charge in [0, 0.05) is 31.5 Å². The highest BCUT2D eigenvalue weighted by atomic mass is 16.3. The zero-order valence-electron chi connectivity index (χ0n) is 14.5. The number of rotatable bonds is 3. The zero-order chi connectivity index (χ0) is 18.3. The number of aromatic nitrogens is 4. The van der Waals surface area contributed by atoms with Crippen LogP contribution in [0.3, 0.4) is 0 Å². The Morgan fingerprint density at radius 1 is 1.31 bits per heavy atom. The molecular weight excluding hydrogens is 336 g/mol. The van der Waals surface area contributed by atoms with Crippen LogP contribution in [0.1, 0.15) is 38.7 Å². The van der Waals surface area contributed by atoms with Gasteiger partial charge in [-0.15, -0.1) is 0 Å². The van der Waals surface area contributed by atoms with Crippen molar-refractivity contribution < 1.29 is 14.0 Å². The van der Waals surface area contributed by atoms with Crippen LogP contribution in [0, 0.1) is 13.8 Å². The van der Waals surface area contributed by atoms with Gasteiger partial charge < -0.3 is 14.6 Å². The van der Waals surface area contributed by atoms with E-state index in [0.29, 0.717) is 42.2 Å².